The highest BCUT2D eigenvalue weighted by Gasteiger charge is 2.20. The van der Waals surface area contributed by atoms with E-state index in [9.17, 15) is 0 Å². The van der Waals surface area contributed by atoms with Crippen molar-refractivity contribution in [3.05, 3.63) is 64.9 Å². The molecule has 1 aliphatic rings. The van der Waals surface area contributed by atoms with Crippen LogP contribution in [0.15, 0.2) is 48.1 Å². The molecule has 3 aromatic heterocycles. The van der Waals surface area contributed by atoms with Crippen molar-refractivity contribution in [3.63, 3.8) is 0 Å². The lowest BCUT2D eigenvalue weighted by Crippen LogP contribution is -2.30. The third kappa shape index (κ3) is 3.11. The highest BCUT2D eigenvalue weighted by atomic mass is 32.1. The monoisotopic (exact) mass is 376 g/mol. The molecular formula is C21H20N4OS. The van der Waals surface area contributed by atoms with Crippen molar-refractivity contribution in [2.45, 2.75) is 19.5 Å². The molecule has 0 atom stereocenters. The van der Waals surface area contributed by atoms with Gasteiger partial charge in [0.15, 0.2) is 5.82 Å². The van der Waals surface area contributed by atoms with Gasteiger partial charge < -0.3 is 9.72 Å². The number of nitrogens with one attached hydrogen (secondary N) is 1. The Labute approximate surface area is 161 Å². The summed E-state index contributed by atoms with van der Waals surface area (Å²) in [4.78, 5) is 16.4. The predicted octanol–water partition coefficient (Wildman–Crippen LogP) is 4.25. The minimum atomic E-state index is 0.848. The van der Waals surface area contributed by atoms with E-state index in [1.807, 2.05) is 18.3 Å². The van der Waals surface area contributed by atoms with E-state index in [0.29, 0.717) is 0 Å². The molecule has 1 aromatic carbocycles. The van der Waals surface area contributed by atoms with Gasteiger partial charge in [0.1, 0.15) is 5.75 Å². The van der Waals surface area contributed by atoms with Gasteiger partial charge in [0.2, 0.25) is 0 Å². The van der Waals surface area contributed by atoms with Crippen LogP contribution in [0.2, 0.25) is 0 Å². The molecule has 0 fully saturated rings. The summed E-state index contributed by atoms with van der Waals surface area (Å²) >= 11 is 1.68. The summed E-state index contributed by atoms with van der Waals surface area (Å²) in [5, 5.41) is 3.29. The van der Waals surface area contributed by atoms with E-state index in [1.54, 1.807) is 18.4 Å². The SMILES string of the molecule is COc1ccc2[nH]cc(CN3CCc4nc(-c5cccs5)ncc4C3)c2c1. The number of benzene rings is 1. The number of aromatic amines is 1. The molecule has 0 spiro atoms. The average molecular weight is 376 g/mol. The highest BCUT2D eigenvalue weighted by molar-refractivity contribution is 7.13. The maximum absolute atomic E-state index is 5.38. The Bertz CT molecular complexity index is 1090. The van der Waals surface area contributed by atoms with Gasteiger partial charge in [0, 0.05) is 54.9 Å². The zero-order valence-electron chi connectivity index (χ0n) is 15.1. The zero-order chi connectivity index (χ0) is 18.2. The minimum Gasteiger partial charge on any atom is -0.497 e. The van der Waals surface area contributed by atoms with Gasteiger partial charge in [-0.3, -0.25) is 4.90 Å². The Morgan fingerprint density at radius 1 is 1.30 bits per heavy atom. The van der Waals surface area contributed by atoms with Gasteiger partial charge in [-0.15, -0.1) is 11.3 Å². The molecule has 0 bridgehead atoms. The molecule has 4 heterocycles. The maximum atomic E-state index is 5.38. The van der Waals surface area contributed by atoms with Crippen LogP contribution < -0.4 is 4.74 Å². The van der Waals surface area contributed by atoms with Gasteiger partial charge in [0.25, 0.3) is 0 Å². The number of hydrogen-bond donors (Lipinski definition) is 1. The maximum Gasteiger partial charge on any atom is 0.169 e. The van der Waals surface area contributed by atoms with Gasteiger partial charge in [-0.05, 0) is 35.2 Å². The van der Waals surface area contributed by atoms with Gasteiger partial charge in [-0.2, -0.15) is 0 Å². The van der Waals surface area contributed by atoms with E-state index in [4.69, 9.17) is 9.72 Å². The first-order valence-electron chi connectivity index (χ1n) is 9.05. The topological polar surface area (TPSA) is 54.0 Å². The number of thiophene rings is 1. The molecule has 0 saturated heterocycles. The number of nitrogens with zero attached hydrogens (tertiary/aromatic N) is 3. The Kier molecular flexibility index (Phi) is 4.14. The molecule has 1 N–H and O–H groups in total. The number of methoxy groups -OCH3 is 1. The Hall–Kier alpha value is -2.70. The van der Waals surface area contributed by atoms with Crippen molar-refractivity contribution in [3.8, 4) is 16.5 Å². The van der Waals surface area contributed by atoms with Crippen LogP contribution in [-0.4, -0.2) is 33.5 Å². The van der Waals surface area contributed by atoms with Gasteiger partial charge in [-0.25, -0.2) is 9.97 Å². The molecular weight excluding hydrogens is 356 g/mol. The van der Waals surface area contributed by atoms with Crippen LogP contribution in [0, 0.1) is 0 Å². The van der Waals surface area contributed by atoms with Crippen molar-refractivity contribution in [2.75, 3.05) is 13.7 Å². The van der Waals surface area contributed by atoms with Crippen LogP contribution in [0.1, 0.15) is 16.8 Å². The van der Waals surface area contributed by atoms with Gasteiger partial charge in [-0.1, -0.05) is 6.07 Å². The lowest BCUT2D eigenvalue weighted by molar-refractivity contribution is 0.244. The molecule has 5 rings (SSSR count). The second-order valence-corrected chi connectivity index (χ2v) is 7.78. The summed E-state index contributed by atoms with van der Waals surface area (Å²) in [6.45, 7) is 2.79. The Balaban J connectivity index is 1.37. The lowest BCUT2D eigenvalue weighted by Gasteiger charge is -2.27. The van der Waals surface area contributed by atoms with Crippen LogP contribution in [0.25, 0.3) is 21.6 Å². The normalized spacial score (nSPS) is 14.4. The molecule has 0 saturated carbocycles. The Morgan fingerprint density at radius 2 is 2.26 bits per heavy atom. The van der Waals surface area contributed by atoms with Crippen LogP contribution in [0.4, 0.5) is 0 Å². The fourth-order valence-electron chi connectivity index (χ4n) is 3.69. The molecule has 0 aliphatic carbocycles. The second kappa shape index (κ2) is 6.79. The van der Waals surface area contributed by atoms with Crippen molar-refractivity contribution < 1.29 is 4.74 Å². The molecule has 0 amide bonds. The minimum absolute atomic E-state index is 0.848. The summed E-state index contributed by atoms with van der Waals surface area (Å²) in [5.74, 6) is 1.74. The van der Waals surface area contributed by atoms with Crippen molar-refractivity contribution in [1.29, 1.82) is 0 Å². The van der Waals surface area contributed by atoms with Crippen molar-refractivity contribution in [1.82, 2.24) is 19.9 Å². The van der Waals surface area contributed by atoms with E-state index in [2.05, 4.69) is 44.6 Å². The van der Waals surface area contributed by atoms with Crippen LogP contribution in [0.5, 0.6) is 5.75 Å². The molecule has 4 aromatic rings. The molecule has 0 radical (unpaired) electrons. The molecule has 5 nitrogen and oxygen atoms in total. The summed E-state index contributed by atoms with van der Waals surface area (Å²) in [6, 6.07) is 10.3. The van der Waals surface area contributed by atoms with E-state index < -0.39 is 0 Å². The van der Waals surface area contributed by atoms with Crippen molar-refractivity contribution >= 4 is 22.2 Å². The summed E-state index contributed by atoms with van der Waals surface area (Å²) in [6.07, 6.45) is 5.07. The van der Waals surface area contributed by atoms with Crippen molar-refractivity contribution in [2.24, 2.45) is 0 Å². The van der Waals surface area contributed by atoms with E-state index in [1.165, 1.54) is 22.2 Å². The smallest absolute Gasteiger partial charge is 0.169 e. The number of ether oxygens (including phenoxy) is 1. The average Bonchev–Trinajstić information content (AvgIpc) is 3.38. The fourth-order valence-corrected chi connectivity index (χ4v) is 4.35. The molecule has 136 valence electrons. The summed E-state index contributed by atoms with van der Waals surface area (Å²) in [7, 11) is 1.71. The predicted molar refractivity (Wildman–Crippen MR) is 108 cm³/mol. The van der Waals surface area contributed by atoms with Gasteiger partial charge in [0.05, 0.1) is 17.7 Å². The quantitative estimate of drug-likeness (QED) is 0.578. The number of hydrogen-bond acceptors (Lipinski definition) is 5. The van der Waals surface area contributed by atoms with Crippen LogP contribution >= 0.6 is 11.3 Å². The zero-order valence-corrected chi connectivity index (χ0v) is 15.9. The first kappa shape index (κ1) is 16.5. The lowest BCUT2D eigenvalue weighted by atomic mass is 10.1. The Morgan fingerprint density at radius 3 is 3.11 bits per heavy atom. The molecule has 27 heavy (non-hydrogen) atoms. The van der Waals surface area contributed by atoms with E-state index in [-0.39, 0.29) is 0 Å². The third-order valence-corrected chi connectivity index (χ3v) is 5.99. The first-order valence-corrected chi connectivity index (χ1v) is 9.93. The second-order valence-electron chi connectivity index (χ2n) is 6.83. The van der Waals surface area contributed by atoms with Crippen LogP contribution in [0.3, 0.4) is 0 Å². The third-order valence-electron chi connectivity index (χ3n) is 5.12. The molecule has 1 aliphatic heterocycles. The number of H-pyrrole nitrogens is 1. The number of fused-ring (bicyclic) bond motifs is 2. The van der Waals surface area contributed by atoms with Crippen LogP contribution in [-0.2, 0) is 19.5 Å². The van der Waals surface area contributed by atoms with E-state index in [0.717, 1.165) is 48.0 Å². The number of aromatic nitrogens is 3. The first-order chi connectivity index (χ1) is 13.3. The van der Waals surface area contributed by atoms with Gasteiger partial charge >= 0.3 is 0 Å². The summed E-state index contributed by atoms with van der Waals surface area (Å²) in [5.41, 5.74) is 4.86. The standard InChI is InChI=1S/C21H20N4OS/c1-26-16-4-5-19-17(9-16)14(10-22-19)12-25-7-6-18-15(13-25)11-23-21(24-18)20-3-2-8-27-20/h2-5,8-11,22H,6-7,12-13H2,1H3. The fraction of sp³-hybridized carbons (Fsp3) is 0.238. The molecule has 6 heteroatoms. The summed E-state index contributed by atoms with van der Waals surface area (Å²) < 4.78 is 5.38. The number of rotatable bonds is 4. The largest absolute Gasteiger partial charge is 0.497 e. The van der Waals surface area contributed by atoms with E-state index >= 15 is 0 Å². The highest BCUT2D eigenvalue weighted by Crippen LogP contribution is 2.27. The molecule has 0 unspecified atom stereocenters.